The molecule has 2 rings (SSSR count). The maximum absolute atomic E-state index is 11.1. The van der Waals surface area contributed by atoms with E-state index in [0.717, 1.165) is 38.8 Å². The number of rotatable bonds is 3. The first kappa shape index (κ1) is 13.8. The molecule has 0 aliphatic carbocycles. The van der Waals surface area contributed by atoms with Gasteiger partial charge in [-0.25, -0.2) is 0 Å². The number of methoxy groups -OCH3 is 1. The highest BCUT2D eigenvalue weighted by Gasteiger charge is 2.15. The van der Waals surface area contributed by atoms with Gasteiger partial charge >= 0.3 is 0 Å². The van der Waals surface area contributed by atoms with Crippen molar-refractivity contribution in [1.29, 1.82) is 0 Å². The summed E-state index contributed by atoms with van der Waals surface area (Å²) in [6.45, 7) is 4.12. The van der Waals surface area contributed by atoms with Crippen molar-refractivity contribution >= 4 is 22.2 Å². The quantitative estimate of drug-likeness (QED) is 0.776. The van der Waals surface area contributed by atoms with E-state index >= 15 is 0 Å². The van der Waals surface area contributed by atoms with E-state index in [1.54, 1.807) is 13.2 Å². The van der Waals surface area contributed by atoms with E-state index in [4.69, 9.17) is 4.74 Å². The molecule has 19 heavy (non-hydrogen) atoms. The zero-order valence-electron chi connectivity index (χ0n) is 11.2. The number of hydrogen-bond donors (Lipinski definition) is 0. The molecule has 0 unspecified atom stereocenters. The Labute approximate surface area is 121 Å². The number of hydrogen-bond acceptors (Lipinski definition) is 2. The van der Waals surface area contributed by atoms with Crippen molar-refractivity contribution in [2.45, 2.75) is 13.8 Å². The highest BCUT2D eigenvalue weighted by Crippen LogP contribution is 2.40. The number of carbonyl (C=O) groups is 1. The van der Waals surface area contributed by atoms with Crippen molar-refractivity contribution in [3.63, 3.8) is 0 Å². The van der Waals surface area contributed by atoms with Crippen LogP contribution in [0.15, 0.2) is 34.8 Å². The predicted octanol–water partition coefficient (Wildman–Crippen LogP) is 4.55. The Morgan fingerprint density at radius 2 is 1.79 bits per heavy atom. The molecule has 0 saturated heterocycles. The van der Waals surface area contributed by atoms with Gasteiger partial charge in [-0.3, -0.25) is 4.79 Å². The highest BCUT2D eigenvalue weighted by molar-refractivity contribution is 9.10. The molecule has 0 N–H and O–H groups in total. The second kappa shape index (κ2) is 5.57. The molecule has 0 spiro atoms. The third-order valence-electron chi connectivity index (χ3n) is 3.16. The number of benzene rings is 2. The van der Waals surface area contributed by atoms with Gasteiger partial charge < -0.3 is 4.74 Å². The van der Waals surface area contributed by atoms with Crippen LogP contribution < -0.4 is 4.74 Å². The Morgan fingerprint density at radius 3 is 2.32 bits per heavy atom. The van der Waals surface area contributed by atoms with E-state index in [1.165, 1.54) is 0 Å². The van der Waals surface area contributed by atoms with Gasteiger partial charge in [-0.15, -0.1) is 0 Å². The van der Waals surface area contributed by atoms with Gasteiger partial charge in [0.2, 0.25) is 0 Å². The fourth-order valence-corrected chi connectivity index (χ4v) is 2.95. The summed E-state index contributed by atoms with van der Waals surface area (Å²) in [5.41, 5.74) is 5.00. The lowest BCUT2D eigenvalue weighted by atomic mass is 9.94. The molecule has 0 heterocycles. The lowest BCUT2D eigenvalue weighted by Gasteiger charge is -2.15. The number of ether oxygens (including phenoxy) is 1. The third kappa shape index (κ3) is 2.56. The average Bonchev–Trinajstić information content (AvgIpc) is 2.38. The number of carbonyl (C=O) groups excluding carboxylic acids is 1. The van der Waals surface area contributed by atoms with Crippen LogP contribution in [-0.4, -0.2) is 13.4 Å². The van der Waals surface area contributed by atoms with E-state index in [1.807, 2.05) is 12.1 Å². The Morgan fingerprint density at radius 1 is 1.16 bits per heavy atom. The molecule has 0 aliphatic rings. The van der Waals surface area contributed by atoms with Crippen LogP contribution in [0.3, 0.4) is 0 Å². The molecule has 0 aliphatic heterocycles. The molecule has 0 bridgehead atoms. The fourth-order valence-electron chi connectivity index (χ4n) is 2.31. The first-order chi connectivity index (χ1) is 9.08. The van der Waals surface area contributed by atoms with Crippen LogP contribution in [0.2, 0.25) is 0 Å². The summed E-state index contributed by atoms with van der Waals surface area (Å²) >= 11 is 3.46. The van der Waals surface area contributed by atoms with E-state index in [0.29, 0.717) is 5.56 Å². The predicted molar refractivity (Wildman–Crippen MR) is 81.0 cm³/mol. The minimum absolute atomic E-state index is 0.630. The van der Waals surface area contributed by atoms with Crippen LogP contribution in [0.4, 0.5) is 0 Å². The van der Waals surface area contributed by atoms with Gasteiger partial charge in [0, 0.05) is 11.1 Å². The van der Waals surface area contributed by atoms with Crippen LogP contribution in [0.5, 0.6) is 5.75 Å². The normalized spacial score (nSPS) is 10.3. The maximum Gasteiger partial charge on any atom is 0.150 e. The van der Waals surface area contributed by atoms with Crippen LogP contribution in [0.1, 0.15) is 21.5 Å². The van der Waals surface area contributed by atoms with Crippen molar-refractivity contribution in [1.82, 2.24) is 0 Å². The number of aldehydes is 1. The third-order valence-corrected chi connectivity index (χ3v) is 3.75. The van der Waals surface area contributed by atoms with Crippen molar-refractivity contribution in [2.24, 2.45) is 0 Å². The summed E-state index contributed by atoms with van der Waals surface area (Å²) in [4.78, 5) is 11.1. The summed E-state index contributed by atoms with van der Waals surface area (Å²) in [6, 6.07) is 9.78. The Balaban J connectivity index is 2.80. The van der Waals surface area contributed by atoms with Crippen LogP contribution in [0.25, 0.3) is 11.1 Å². The van der Waals surface area contributed by atoms with Crippen LogP contribution >= 0.6 is 15.9 Å². The molecule has 0 aromatic heterocycles. The van der Waals surface area contributed by atoms with Gasteiger partial charge in [-0.2, -0.15) is 0 Å². The van der Waals surface area contributed by atoms with E-state index in [-0.39, 0.29) is 0 Å². The maximum atomic E-state index is 11.1. The molecular formula is C16H15BrO2. The molecule has 3 heteroatoms. The van der Waals surface area contributed by atoms with E-state index in [2.05, 4.69) is 41.9 Å². The molecule has 0 atom stereocenters. The average molecular weight is 319 g/mol. The Hall–Kier alpha value is -1.61. The minimum Gasteiger partial charge on any atom is -0.495 e. The fraction of sp³-hybridized carbons (Fsp3) is 0.188. The molecule has 0 radical (unpaired) electrons. The summed E-state index contributed by atoms with van der Waals surface area (Å²) in [7, 11) is 1.64. The SMILES string of the molecule is COc1c(Br)cc(C=O)cc1-c1c(C)cccc1C. The first-order valence-electron chi connectivity index (χ1n) is 5.97. The summed E-state index contributed by atoms with van der Waals surface area (Å²) in [5, 5.41) is 0. The van der Waals surface area contributed by atoms with Crippen molar-refractivity contribution in [3.8, 4) is 16.9 Å². The second-order valence-corrected chi connectivity index (χ2v) is 5.32. The Kier molecular flexibility index (Phi) is 4.05. The Bertz CT molecular complexity index is 613. The van der Waals surface area contributed by atoms with Gasteiger partial charge in [0.15, 0.2) is 0 Å². The zero-order valence-corrected chi connectivity index (χ0v) is 12.7. The monoisotopic (exact) mass is 318 g/mol. The van der Waals surface area contributed by atoms with Gasteiger partial charge in [0.05, 0.1) is 11.6 Å². The molecule has 2 aromatic rings. The van der Waals surface area contributed by atoms with Crippen molar-refractivity contribution in [2.75, 3.05) is 7.11 Å². The van der Waals surface area contributed by atoms with Crippen LogP contribution in [0, 0.1) is 13.8 Å². The van der Waals surface area contributed by atoms with Crippen molar-refractivity contribution in [3.05, 3.63) is 51.5 Å². The molecule has 2 aromatic carbocycles. The summed E-state index contributed by atoms with van der Waals surface area (Å²) in [5.74, 6) is 0.753. The van der Waals surface area contributed by atoms with Gasteiger partial charge in [-0.1, -0.05) is 18.2 Å². The smallest absolute Gasteiger partial charge is 0.150 e. The standard InChI is InChI=1S/C16H15BrO2/c1-10-5-4-6-11(2)15(10)13-7-12(9-18)8-14(17)16(13)19-3/h4-9H,1-3H3. The summed E-state index contributed by atoms with van der Waals surface area (Å²) in [6.07, 6.45) is 0.849. The number of halogens is 1. The first-order valence-corrected chi connectivity index (χ1v) is 6.77. The topological polar surface area (TPSA) is 26.3 Å². The number of aryl methyl sites for hydroxylation is 2. The molecule has 0 fully saturated rings. The highest BCUT2D eigenvalue weighted by atomic mass is 79.9. The lowest BCUT2D eigenvalue weighted by molar-refractivity contribution is 0.112. The van der Waals surface area contributed by atoms with Gasteiger partial charge in [0.25, 0.3) is 0 Å². The van der Waals surface area contributed by atoms with E-state index in [9.17, 15) is 4.79 Å². The largest absolute Gasteiger partial charge is 0.495 e. The lowest BCUT2D eigenvalue weighted by Crippen LogP contribution is -1.95. The van der Waals surface area contributed by atoms with Gasteiger partial charge in [0.1, 0.15) is 12.0 Å². The molecule has 0 saturated carbocycles. The zero-order chi connectivity index (χ0) is 14.0. The molecular weight excluding hydrogens is 304 g/mol. The summed E-state index contributed by atoms with van der Waals surface area (Å²) < 4.78 is 6.27. The molecule has 0 amide bonds. The van der Waals surface area contributed by atoms with Crippen LogP contribution in [-0.2, 0) is 0 Å². The van der Waals surface area contributed by atoms with Crippen molar-refractivity contribution < 1.29 is 9.53 Å². The molecule has 2 nitrogen and oxygen atoms in total. The molecule has 98 valence electrons. The minimum atomic E-state index is 0.630. The van der Waals surface area contributed by atoms with Gasteiger partial charge in [-0.05, 0) is 58.6 Å². The second-order valence-electron chi connectivity index (χ2n) is 4.47. The van der Waals surface area contributed by atoms with E-state index < -0.39 is 0 Å².